The van der Waals surface area contributed by atoms with E-state index in [4.69, 9.17) is 0 Å². The standard InChI is InChI=1S/C32H62N8/c1-29(27-39-23-5-15-35-19-17-33-11-3-13-37-21-25-39)31-7-9-32(10-8-31)30(2)28-40-24-6-16-36-20-18-34-12-4-14-38-22-26-40/h7-10,29-30,33-38H,3-6,11-28H2,1-2H3. The summed E-state index contributed by atoms with van der Waals surface area (Å²) in [5.41, 5.74) is 2.94. The highest BCUT2D eigenvalue weighted by molar-refractivity contribution is 5.27. The zero-order chi connectivity index (χ0) is 28.1. The molecule has 0 saturated carbocycles. The summed E-state index contributed by atoms with van der Waals surface area (Å²) in [6.07, 6.45) is 4.82. The van der Waals surface area contributed by atoms with E-state index in [-0.39, 0.29) is 0 Å². The first-order valence-corrected chi connectivity index (χ1v) is 16.5. The molecule has 1 aromatic carbocycles. The van der Waals surface area contributed by atoms with Crippen molar-refractivity contribution in [2.24, 2.45) is 0 Å². The van der Waals surface area contributed by atoms with Gasteiger partial charge in [-0.1, -0.05) is 38.1 Å². The summed E-state index contributed by atoms with van der Waals surface area (Å²) in [5, 5.41) is 21.5. The summed E-state index contributed by atoms with van der Waals surface area (Å²) in [5.74, 6) is 1.08. The van der Waals surface area contributed by atoms with E-state index in [1.807, 2.05) is 0 Å². The van der Waals surface area contributed by atoms with Crippen LogP contribution in [0.5, 0.6) is 0 Å². The Morgan fingerprint density at radius 1 is 0.450 bits per heavy atom. The van der Waals surface area contributed by atoms with Gasteiger partial charge in [-0.25, -0.2) is 0 Å². The lowest BCUT2D eigenvalue weighted by molar-refractivity contribution is 0.255. The zero-order valence-corrected chi connectivity index (χ0v) is 25.9. The maximum absolute atomic E-state index is 3.65. The van der Waals surface area contributed by atoms with Gasteiger partial charge in [-0.05, 0) is 101 Å². The minimum atomic E-state index is 0.539. The molecule has 1 aromatic rings. The Morgan fingerprint density at radius 3 is 1.15 bits per heavy atom. The van der Waals surface area contributed by atoms with Gasteiger partial charge in [0.2, 0.25) is 0 Å². The summed E-state index contributed by atoms with van der Waals surface area (Å²) in [6.45, 7) is 24.7. The molecular formula is C32H62N8. The van der Waals surface area contributed by atoms with Crippen molar-refractivity contribution in [3.8, 4) is 0 Å². The van der Waals surface area contributed by atoms with Gasteiger partial charge in [-0.2, -0.15) is 0 Å². The highest BCUT2D eigenvalue weighted by atomic mass is 15.1. The van der Waals surface area contributed by atoms with Crippen molar-refractivity contribution in [1.29, 1.82) is 0 Å². The molecule has 0 spiro atoms. The normalized spacial score (nSPS) is 23.4. The van der Waals surface area contributed by atoms with Crippen LogP contribution in [0.25, 0.3) is 0 Å². The Labute approximate surface area is 246 Å². The topological polar surface area (TPSA) is 78.7 Å². The predicted molar refractivity (Wildman–Crippen MR) is 172 cm³/mol. The second kappa shape index (κ2) is 21.6. The monoisotopic (exact) mass is 559 g/mol. The van der Waals surface area contributed by atoms with Gasteiger partial charge < -0.3 is 41.7 Å². The molecule has 6 N–H and O–H groups in total. The lowest BCUT2D eigenvalue weighted by Gasteiger charge is -2.28. The van der Waals surface area contributed by atoms with Crippen LogP contribution in [-0.2, 0) is 0 Å². The van der Waals surface area contributed by atoms with Gasteiger partial charge in [0.15, 0.2) is 0 Å². The van der Waals surface area contributed by atoms with Crippen molar-refractivity contribution in [1.82, 2.24) is 41.7 Å². The highest BCUT2D eigenvalue weighted by Gasteiger charge is 2.15. The molecule has 0 aromatic heterocycles. The Kier molecular flexibility index (Phi) is 18.0. The zero-order valence-electron chi connectivity index (χ0n) is 25.9. The van der Waals surface area contributed by atoms with Gasteiger partial charge in [-0.15, -0.1) is 0 Å². The van der Waals surface area contributed by atoms with Gasteiger partial charge in [0, 0.05) is 65.4 Å². The van der Waals surface area contributed by atoms with Crippen LogP contribution < -0.4 is 31.9 Å². The third-order valence-corrected chi connectivity index (χ3v) is 8.38. The van der Waals surface area contributed by atoms with E-state index in [2.05, 4.69) is 79.8 Å². The van der Waals surface area contributed by atoms with Gasteiger partial charge in [0.1, 0.15) is 0 Å². The van der Waals surface area contributed by atoms with Crippen molar-refractivity contribution in [2.75, 3.05) is 118 Å². The number of rotatable bonds is 6. The summed E-state index contributed by atoms with van der Waals surface area (Å²) in [7, 11) is 0. The maximum atomic E-state index is 3.65. The summed E-state index contributed by atoms with van der Waals surface area (Å²) < 4.78 is 0. The Bertz CT molecular complexity index is 641. The Morgan fingerprint density at radius 2 is 0.775 bits per heavy atom. The molecular weight excluding hydrogens is 496 g/mol. The van der Waals surface area contributed by atoms with Crippen LogP contribution in [-0.4, -0.2) is 128 Å². The molecule has 0 aliphatic carbocycles. The molecule has 2 fully saturated rings. The SMILES string of the molecule is CC(CN1CCCNCCNCCCNCC1)c1ccc(C(C)CN2CCCNCCNCCCNCC2)cc1. The van der Waals surface area contributed by atoms with E-state index in [1.54, 1.807) is 0 Å². The van der Waals surface area contributed by atoms with Crippen LogP contribution in [0.1, 0.15) is 62.5 Å². The van der Waals surface area contributed by atoms with Crippen LogP contribution in [0, 0.1) is 0 Å². The summed E-state index contributed by atoms with van der Waals surface area (Å²) >= 11 is 0. The molecule has 40 heavy (non-hydrogen) atoms. The number of benzene rings is 1. The molecule has 0 radical (unpaired) electrons. The predicted octanol–water partition coefficient (Wildman–Crippen LogP) is 1.62. The van der Waals surface area contributed by atoms with Crippen LogP contribution in [0.3, 0.4) is 0 Å². The number of nitrogens with one attached hydrogen (secondary N) is 6. The van der Waals surface area contributed by atoms with Crippen molar-refractivity contribution in [2.45, 2.75) is 51.4 Å². The van der Waals surface area contributed by atoms with Crippen LogP contribution in [0.15, 0.2) is 24.3 Å². The van der Waals surface area contributed by atoms with Crippen molar-refractivity contribution >= 4 is 0 Å². The van der Waals surface area contributed by atoms with E-state index in [0.717, 1.165) is 105 Å². The third kappa shape index (κ3) is 14.7. The summed E-state index contributed by atoms with van der Waals surface area (Å²) in [4.78, 5) is 5.33. The largest absolute Gasteiger partial charge is 0.315 e. The Balaban J connectivity index is 1.47. The third-order valence-electron chi connectivity index (χ3n) is 8.38. The molecule has 2 aliphatic rings. The van der Waals surface area contributed by atoms with Gasteiger partial charge in [-0.3, -0.25) is 0 Å². The average molecular weight is 559 g/mol. The van der Waals surface area contributed by atoms with E-state index >= 15 is 0 Å². The quantitative estimate of drug-likeness (QED) is 0.315. The van der Waals surface area contributed by atoms with E-state index < -0.39 is 0 Å². The van der Waals surface area contributed by atoms with Gasteiger partial charge >= 0.3 is 0 Å². The molecule has 2 heterocycles. The molecule has 0 amide bonds. The second-order valence-corrected chi connectivity index (χ2v) is 12.0. The molecule has 0 bridgehead atoms. The second-order valence-electron chi connectivity index (χ2n) is 12.0. The first-order valence-electron chi connectivity index (χ1n) is 16.5. The molecule has 2 saturated heterocycles. The molecule has 230 valence electrons. The van der Waals surface area contributed by atoms with Crippen LogP contribution >= 0.6 is 0 Å². The molecule has 3 rings (SSSR count). The van der Waals surface area contributed by atoms with Gasteiger partial charge in [0.25, 0.3) is 0 Å². The molecule has 2 aliphatic heterocycles. The fourth-order valence-electron chi connectivity index (χ4n) is 5.84. The molecule has 8 heteroatoms. The van der Waals surface area contributed by atoms with Crippen LogP contribution in [0.2, 0.25) is 0 Å². The van der Waals surface area contributed by atoms with E-state index in [0.29, 0.717) is 11.8 Å². The minimum Gasteiger partial charge on any atom is -0.315 e. The highest BCUT2D eigenvalue weighted by Crippen LogP contribution is 2.22. The lowest BCUT2D eigenvalue weighted by Crippen LogP contribution is -2.38. The van der Waals surface area contributed by atoms with E-state index in [9.17, 15) is 0 Å². The molecule has 2 atom stereocenters. The van der Waals surface area contributed by atoms with Crippen molar-refractivity contribution in [3.05, 3.63) is 35.4 Å². The van der Waals surface area contributed by atoms with Crippen LogP contribution in [0.4, 0.5) is 0 Å². The smallest absolute Gasteiger partial charge is 0.0107 e. The Hall–Kier alpha value is -1.10. The summed E-state index contributed by atoms with van der Waals surface area (Å²) in [6, 6.07) is 9.59. The maximum Gasteiger partial charge on any atom is 0.0107 e. The average Bonchev–Trinajstić information content (AvgIpc) is 2.97. The van der Waals surface area contributed by atoms with E-state index in [1.165, 1.54) is 49.9 Å². The van der Waals surface area contributed by atoms with Crippen molar-refractivity contribution < 1.29 is 0 Å². The number of hydrogen-bond acceptors (Lipinski definition) is 8. The fourth-order valence-corrected chi connectivity index (χ4v) is 5.84. The minimum absolute atomic E-state index is 0.539. The van der Waals surface area contributed by atoms with Gasteiger partial charge in [0.05, 0.1) is 0 Å². The number of hydrogen-bond donors (Lipinski definition) is 6. The first-order chi connectivity index (χ1) is 19.7. The number of nitrogens with zero attached hydrogens (tertiary/aromatic N) is 2. The molecule has 2 unspecified atom stereocenters. The fraction of sp³-hybridized carbons (Fsp3) is 0.812. The lowest BCUT2D eigenvalue weighted by atomic mass is 9.94. The molecule has 8 nitrogen and oxygen atoms in total. The first kappa shape index (κ1) is 33.4. The van der Waals surface area contributed by atoms with Crippen molar-refractivity contribution in [3.63, 3.8) is 0 Å².